The minimum Gasteiger partial charge on any atom is -0.445 e. The monoisotopic (exact) mass is 358 g/mol. The lowest BCUT2D eigenvalue weighted by atomic mass is 9.97. The van der Waals surface area contributed by atoms with Crippen LogP contribution >= 0.6 is 0 Å². The maximum absolute atomic E-state index is 11.7. The summed E-state index contributed by atoms with van der Waals surface area (Å²) in [5.41, 5.74) is 2.51. The largest absolute Gasteiger partial charge is 0.445 e. The summed E-state index contributed by atoms with van der Waals surface area (Å²) in [7, 11) is 1.82. The highest BCUT2D eigenvalue weighted by Gasteiger charge is 2.20. The highest BCUT2D eigenvalue weighted by molar-refractivity contribution is 5.67. The van der Waals surface area contributed by atoms with Gasteiger partial charge in [-0.1, -0.05) is 54.6 Å². The molecule has 0 heterocycles. The number of alkyl carbamates (subject to hydrolysis) is 1. The Hall–Kier alpha value is -2.41. The fraction of sp³-hybridized carbons (Fsp3) is 0.350. The van der Waals surface area contributed by atoms with Crippen LogP contribution in [0.1, 0.15) is 29.2 Å². The van der Waals surface area contributed by atoms with Gasteiger partial charge >= 0.3 is 6.09 Å². The number of hydrogen-bond acceptors (Lipinski definition) is 5. The topological polar surface area (TPSA) is 90.8 Å². The van der Waals surface area contributed by atoms with Gasteiger partial charge in [-0.25, -0.2) is 4.79 Å². The minimum atomic E-state index is -1.01. The first-order chi connectivity index (χ1) is 12.6. The van der Waals surface area contributed by atoms with Gasteiger partial charge in [0.2, 0.25) is 0 Å². The van der Waals surface area contributed by atoms with Crippen molar-refractivity contribution >= 4 is 6.09 Å². The molecule has 0 saturated heterocycles. The molecule has 0 aromatic heterocycles. The van der Waals surface area contributed by atoms with Gasteiger partial charge in [0, 0.05) is 13.1 Å². The second kappa shape index (κ2) is 10.6. The highest BCUT2D eigenvalue weighted by atomic mass is 16.5. The number of aliphatic hydroxyl groups excluding tert-OH is 2. The van der Waals surface area contributed by atoms with E-state index in [1.165, 1.54) is 0 Å². The van der Waals surface area contributed by atoms with Crippen LogP contribution in [0.2, 0.25) is 0 Å². The van der Waals surface area contributed by atoms with E-state index in [0.29, 0.717) is 12.1 Å². The zero-order chi connectivity index (χ0) is 18.8. The molecular weight excluding hydrogens is 332 g/mol. The summed E-state index contributed by atoms with van der Waals surface area (Å²) in [4.78, 5) is 11.7. The number of hydrogen-bond donors (Lipinski definition) is 4. The van der Waals surface area contributed by atoms with Gasteiger partial charge in [0.15, 0.2) is 0 Å². The third kappa shape index (κ3) is 6.15. The first-order valence-electron chi connectivity index (χ1n) is 8.65. The molecule has 26 heavy (non-hydrogen) atoms. The Balaban J connectivity index is 1.75. The van der Waals surface area contributed by atoms with E-state index < -0.39 is 18.3 Å². The maximum atomic E-state index is 11.7. The molecule has 2 unspecified atom stereocenters. The van der Waals surface area contributed by atoms with Crippen LogP contribution in [0.25, 0.3) is 0 Å². The molecule has 140 valence electrons. The van der Waals surface area contributed by atoms with Crippen molar-refractivity contribution in [3.63, 3.8) is 0 Å². The molecule has 0 aliphatic rings. The Kier molecular flexibility index (Phi) is 8.08. The minimum absolute atomic E-state index is 0.190. The Morgan fingerprint density at radius 1 is 1.08 bits per heavy atom. The standard InChI is InChI=1S/C20H26N2O4/c1-21-13-16-9-5-6-10-17(16)19(24)18(23)11-12-22-20(25)26-14-15-7-3-2-4-8-15/h2-10,18-19,21,23-24H,11-14H2,1H3,(H,22,25). The molecule has 0 bridgehead atoms. The number of aliphatic hydroxyl groups is 2. The lowest BCUT2D eigenvalue weighted by Crippen LogP contribution is -2.30. The van der Waals surface area contributed by atoms with E-state index >= 15 is 0 Å². The van der Waals surface area contributed by atoms with Gasteiger partial charge in [0.25, 0.3) is 0 Å². The van der Waals surface area contributed by atoms with E-state index in [-0.39, 0.29) is 19.6 Å². The van der Waals surface area contributed by atoms with Gasteiger partial charge in [0.1, 0.15) is 12.7 Å². The van der Waals surface area contributed by atoms with Gasteiger partial charge in [-0.3, -0.25) is 0 Å². The normalized spacial score (nSPS) is 13.0. The van der Waals surface area contributed by atoms with E-state index in [2.05, 4.69) is 10.6 Å². The summed E-state index contributed by atoms with van der Waals surface area (Å²) in [6.45, 7) is 0.999. The van der Waals surface area contributed by atoms with Crippen molar-refractivity contribution in [3.8, 4) is 0 Å². The molecule has 0 spiro atoms. The van der Waals surface area contributed by atoms with Crippen LogP contribution in [-0.4, -0.2) is 36.0 Å². The van der Waals surface area contributed by atoms with Crippen LogP contribution in [0.5, 0.6) is 0 Å². The molecule has 2 atom stereocenters. The number of ether oxygens (including phenoxy) is 1. The Bertz CT molecular complexity index is 679. The van der Waals surface area contributed by atoms with Gasteiger partial charge in [-0.2, -0.15) is 0 Å². The van der Waals surface area contributed by atoms with Crippen molar-refractivity contribution in [2.45, 2.75) is 31.8 Å². The zero-order valence-electron chi connectivity index (χ0n) is 14.9. The van der Waals surface area contributed by atoms with Crippen molar-refractivity contribution in [2.24, 2.45) is 0 Å². The fourth-order valence-corrected chi connectivity index (χ4v) is 2.64. The molecule has 4 N–H and O–H groups in total. The zero-order valence-corrected chi connectivity index (χ0v) is 14.9. The van der Waals surface area contributed by atoms with E-state index in [0.717, 1.165) is 11.1 Å². The molecule has 2 aromatic rings. The van der Waals surface area contributed by atoms with Crippen LogP contribution in [0.3, 0.4) is 0 Å². The Labute approximate surface area is 153 Å². The van der Waals surface area contributed by atoms with E-state index in [1.807, 2.05) is 55.6 Å². The SMILES string of the molecule is CNCc1ccccc1C(O)C(O)CCNC(=O)OCc1ccccc1. The quantitative estimate of drug-likeness (QED) is 0.551. The number of amides is 1. The average molecular weight is 358 g/mol. The summed E-state index contributed by atoms with van der Waals surface area (Å²) >= 11 is 0. The third-order valence-electron chi connectivity index (χ3n) is 4.03. The molecule has 2 aromatic carbocycles. The van der Waals surface area contributed by atoms with Crippen molar-refractivity contribution in [1.29, 1.82) is 0 Å². The second-order valence-electron chi connectivity index (χ2n) is 6.02. The summed E-state index contributed by atoms with van der Waals surface area (Å²) in [5.74, 6) is 0. The summed E-state index contributed by atoms with van der Waals surface area (Å²) in [6, 6.07) is 16.8. The lowest BCUT2D eigenvalue weighted by Gasteiger charge is -2.21. The molecular formula is C20H26N2O4. The van der Waals surface area contributed by atoms with E-state index in [9.17, 15) is 15.0 Å². The molecule has 0 radical (unpaired) electrons. The molecule has 6 nitrogen and oxygen atoms in total. The fourth-order valence-electron chi connectivity index (χ4n) is 2.64. The van der Waals surface area contributed by atoms with Crippen LogP contribution < -0.4 is 10.6 Å². The smallest absolute Gasteiger partial charge is 0.407 e. The average Bonchev–Trinajstić information content (AvgIpc) is 2.67. The van der Waals surface area contributed by atoms with Gasteiger partial charge in [0.05, 0.1) is 6.10 Å². The lowest BCUT2D eigenvalue weighted by molar-refractivity contribution is 0.0131. The Morgan fingerprint density at radius 3 is 2.50 bits per heavy atom. The number of carbonyl (C=O) groups is 1. The first-order valence-corrected chi connectivity index (χ1v) is 8.65. The van der Waals surface area contributed by atoms with Crippen molar-refractivity contribution < 1.29 is 19.7 Å². The molecule has 2 rings (SSSR count). The van der Waals surface area contributed by atoms with Crippen LogP contribution in [-0.2, 0) is 17.9 Å². The van der Waals surface area contributed by atoms with E-state index in [4.69, 9.17) is 4.74 Å². The highest BCUT2D eigenvalue weighted by Crippen LogP contribution is 2.22. The first kappa shape index (κ1) is 19.9. The van der Waals surface area contributed by atoms with Crippen molar-refractivity contribution in [1.82, 2.24) is 10.6 Å². The molecule has 0 fully saturated rings. The Morgan fingerprint density at radius 2 is 1.77 bits per heavy atom. The van der Waals surface area contributed by atoms with Gasteiger partial charge < -0.3 is 25.6 Å². The van der Waals surface area contributed by atoms with Crippen LogP contribution in [0, 0.1) is 0 Å². The van der Waals surface area contributed by atoms with Crippen LogP contribution in [0.4, 0.5) is 4.79 Å². The molecule has 6 heteroatoms. The van der Waals surface area contributed by atoms with Crippen molar-refractivity contribution in [3.05, 3.63) is 71.3 Å². The number of nitrogens with one attached hydrogen (secondary N) is 2. The molecule has 1 amide bonds. The summed E-state index contributed by atoms with van der Waals surface area (Å²) in [5, 5.41) is 26.2. The van der Waals surface area contributed by atoms with Crippen molar-refractivity contribution in [2.75, 3.05) is 13.6 Å². The molecule has 0 aliphatic carbocycles. The number of rotatable bonds is 9. The third-order valence-corrected chi connectivity index (χ3v) is 4.03. The summed E-state index contributed by atoms with van der Waals surface area (Å²) < 4.78 is 5.10. The van der Waals surface area contributed by atoms with Gasteiger partial charge in [-0.05, 0) is 30.2 Å². The molecule has 0 aliphatic heterocycles. The number of benzene rings is 2. The second-order valence-corrected chi connectivity index (χ2v) is 6.02. The maximum Gasteiger partial charge on any atom is 0.407 e. The molecule has 0 saturated carbocycles. The summed E-state index contributed by atoms with van der Waals surface area (Å²) in [6.07, 6.45) is -2.33. The number of carbonyl (C=O) groups excluding carboxylic acids is 1. The predicted molar refractivity (Wildman–Crippen MR) is 99.4 cm³/mol. The van der Waals surface area contributed by atoms with Crippen LogP contribution in [0.15, 0.2) is 54.6 Å². The predicted octanol–water partition coefficient (Wildman–Crippen LogP) is 2.12. The van der Waals surface area contributed by atoms with Gasteiger partial charge in [-0.15, -0.1) is 0 Å². The van der Waals surface area contributed by atoms with E-state index in [1.54, 1.807) is 6.07 Å².